The molecule has 1 aliphatic heterocycles. The zero-order valence-electron chi connectivity index (χ0n) is 5.46. The van der Waals surface area contributed by atoms with Crippen LogP contribution in [0.25, 0.3) is 0 Å². The van der Waals surface area contributed by atoms with E-state index in [1.54, 1.807) is 0 Å². The highest BCUT2D eigenvalue weighted by molar-refractivity contribution is 5.88. The summed E-state index contributed by atoms with van der Waals surface area (Å²) in [5.74, 6) is -1.73. The van der Waals surface area contributed by atoms with Gasteiger partial charge >= 0.3 is 5.97 Å². The van der Waals surface area contributed by atoms with Crippen molar-refractivity contribution in [1.82, 2.24) is 0 Å². The first kappa shape index (κ1) is 7.21. The molecule has 0 fully saturated rings. The molecule has 0 saturated heterocycles. The van der Waals surface area contributed by atoms with Gasteiger partial charge in [-0.25, -0.2) is 4.79 Å². The first-order valence-corrected chi connectivity index (χ1v) is 2.81. The summed E-state index contributed by atoms with van der Waals surface area (Å²) in [4.78, 5) is 10.3. The van der Waals surface area contributed by atoms with Crippen LogP contribution in [0.2, 0.25) is 0 Å². The van der Waals surface area contributed by atoms with Gasteiger partial charge in [0.05, 0.1) is 6.61 Å². The molecule has 0 unspecified atom stereocenters. The first-order valence-electron chi connectivity index (χ1n) is 2.81. The Morgan fingerprint density at radius 3 is 3.00 bits per heavy atom. The predicted octanol–water partition coefficient (Wildman–Crippen LogP) is 0.412. The van der Waals surface area contributed by atoms with Crippen LogP contribution < -0.4 is 0 Å². The molecular formula is C6H7FO3. The highest BCUT2D eigenvalue weighted by Gasteiger charge is 2.24. The Labute approximate surface area is 57.4 Å². The third kappa shape index (κ3) is 1.33. The molecule has 10 heavy (non-hydrogen) atoms. The van der Waals surface area contributed by atoms with E-state index < -0.39 is 17.9 Å². The third-order valence-corrected chi connectivity index (χ3v) is 1.12. The molecule has 56 valence electrons. The highest BCUT2D eigenvalue weighted by Crippen LogP contribution is 2.13. The number of cyclic esters (lactones) is 1. The highest BCUT2D eigenvalue weighted by atomic mass is 19.1. The van der Waals surface area contributed by atoms with Crippen LogP contribution in [0.5, 0.6) is 0 Å². The SMILES string of the molecule is COC[C@H]1C=C(F)C(=O)O1. The number of esters is 1. The monoisotopic (exact) mass is 146 g/mol. The van der Waals surface area contributed by atoms with Gasteiger partial charge in [-0.3, -0.25) is 0 Å². The van der Waals surface area contributed by atoms with Gasteiger partial charge in [0.25, 0.3) is 0 Å². The number of ether oxygens (including phenoxy) is 2. The van der Waals surface area contributed by atoms with Gasteiger partial charge in [-0.15, -0.1) is 0 Å². The Balaban J connectivity index is 2.48. The van der Waals surface area contributed by atoms with Gasteiger partial charge in [-0.2, -0.15) is 4.39 Å². The second kappa shape index (κ2) is 2.79. The summed E-state index contributed by atoms with van der Waals surface area (Å²) in [6.45, 7) is 0.208. The number of methoxy groups -OCH3 is 1. The molecular weight excluding hydrogens is 139 g/mol. The first-order chi connectivity index (χ1) is 4.74. The standard InChI is InChI=1S/C6H7FO3/c1-9-3-4-2-5(7)6(8)10-4/h2,4H,3H2,1H3/t4-/m1/s1. The Hall–Kier alpha value is -0.900. The van der Waals surface area contributed by atoms with Crippen molar-refractivity contribution >= 4 is 5.97 Å². The summed E-state index contributed by atoms with van der Waals surface area (Å²) in [7, 11) is 1.46. The van der Waals surface area contributed by atoms with Crippen LogP contribution in [0.15, 0.2) is 11.9 Å². The van der Waals surface area contributed by atoms with Crippen molar-refractivity contribution in [2.24, 2.45) is 0 Å². The zero-order valence-corrected chi connectivity index (χ0v) is 5.46. The summed E-state index contributed by atoms with van der Waals surface area (Å²) in [5, 5.41) is 0. The van der Waals surface area contributed by atoms with Crippen molar-refractivity contribution in [3.63, 3.8) is 0 Å². The summed E-state index contributed by atoms with van der Waals surface area (Å²) in [6.07, 6.45) is 0.559. The number of carbonyl (C=O) groups excluding carboxylic acids is 1. The Morgan fingerprint density at radius 2 is 2.60 bits per heavy atom. The average molecular weight is 146 g/mol. The molecule has 0 aromatic rings. The van der Waals surface area contributed by atoms with E-state index in [1.807, 2.05) is 0 Å². The Kier molecular flexibility index (Phi) is 2.01. The lowest BCUT2D eigenvalue weighted by atomic mass is 10.4. The smallest absolute Gasteiger partial charge is 0.367 e. The molecule has 0 bridgehead atoms. The maximum absolute atomic E-state index is 12.2. The zero-order chi connectivity index (χ0) is 7.56. The van der Waals surface area contributed by atoms with Crippen LogP contribution in [0.3, 0.4) is 0 Å². The van der Waals surface area contributed by atoms with E-state index in [4.69, 9.17) is 0 Å². The molecule has 4 heteroatoms. The van der Waals surface area contributed by atoms with Gasteiger partial charge in [-0.05, 0) is 0 Å². The lowest BCUT2D eigenvalue weighted by molar-refractivity contribution is -0.142. The van der Waals surface area contributed by atoms with Crippen LogP contribution in [0.4, 0.5) is 4.39 Å². The number of carbonyl (C=O) groups is 1. The largest absolute Gasteiger partial charge is 0.450 e. The molecule has 0 aliphatic carbocycles. The Bertz CT molecular complexity index is 176. The van der Waals surface area contributed by atoms with Gasteiger partial charge in [0, 0.05) is 13.2 Å². The van der Waals surface area contributed by atoms with E-state index >= 15 is 0 Å². The van der Waals surface area contributed by atoms with Crippen LogP contribution in [0.1, 0.15) is 0 Å². The summed E-state index contributed by atoms with van der Waals surface area (Å²) in [5.41, 5.74) is 0. The second-order valence-electron chi connectivity index (χ2n) is 1.91. The van der Waals surface area contributed by atoms with Crippen molar-refractivity contribution in [3.8, 4) is 0 Å². The van der Waals surface area contributed by atoms with Crippen LogP contribution in [-0.2, 0) is 14.3 Å². The average Bonchev–Trinajstić information content (AvgIpc) is 2.14. The number of halogens is 1. The van der Waals surface area contributed by atoms with E-state index in [1.165, 1.54) is 7.11 Å². The molecule has 0 N–H and O–H groups in total. The lowest BCUT2D eigenvalue weighted by Gasteiger charge is -2.03. The molecule has 0 aromatic heterocycles. The number of hydrogen-bond donors (Lipinski definition) is 0. The quantitative estimate of drug-likeness (QED) is 0.529. The van der Waals surface area contributed by atoms with E-state index in [9.17, 15) is 9.18 Å². The third-order valence-electron chi connectivity index (χ3n) is 1.12. The summed E-state index contributed by atoms with van der Waals surface area (Å²) in [6, 6.07) is 0. The van der Waals surface area contributed by atoms with E-state index in [-0.39, 0.29) is 6.61 Å². The molecule has 3 nitrogen and oxygen atoms in total. The van der Waals surface area contributed by atoms with E-state index in [0.717, 1.165) is 6.08 Å². The van der Waals surface area contributed by atoms with Crippen molar-refractivity contribution in [1.29, 1.82) is 0 Å². The maximum atomic E-state index is 12.2. The van der Waals surface area contributed by atoms with Crippen molar-refractivity contribution in [2.75, 3.05) is 13.7 Å². The van der Waals surface area contributed by atoms with Crippen LogP contribution in [0, 0.1) is 0 Å². The fourth-order valence-electron chi connectivity index (χ4n) is 0.705. The minimum atomic E-state index is -0.901. The van der Waals surface area contributed by atoms with Crippen molar-refractivity contribution in [3.05, 3.63) is 11.9 Å². The fraction of sp³-hybridized carbons (Fsp3) is 0.500. The minimum Gasteiger partial charge on any atom is -0.450 e. The maximum Gasteiger partial charge on any atom is 0.367 e. The van der Waals surface area contributed by atoms with E-state index in [0.29, 0.717) is 0 Å². The molecule has 0 spiro atoms. The topological polar surface area (TPSA) is 35.5 Å². The molecule has 1 rings (SSSR count). The molecule has 0 saturated carbocycles. The Morgan fingerprint density at radius 1 is 1.90 bits per heavy atom. The normalized spacial score (nSPS) is 24.4. The van der Waals surface area contributed by atoms with Crippen molar-refractivity contribution in [2.45, 2.75) is 6.10 Å². The lowest BCUT2D eigenvalue weighted by Crippen LogP contribution is -2.13. The molecule has 1 atom stereocenters. The molecule has 1 heterocycles. The molecule has 0 aromatic carbocycles. The van der Waals surface area contributed by atoms with Gasteiger partial charge in [-0.1, -0.05) is 0 Å². The van der Waals surface area contributed by atoms with Crippen molar-refractivity contribution < 1.29 is 18.7 Å². The van der Waals surface area contributed by atoms with Crippen LogP contribution >= 0.6 is 0 Å². The van der Waals surface area contributed by atoms with Gasteiger partial charge in [0.1, 0.15) is 6.10 Å². The van der Waals surface area contributed by atoms with Crippen LogP contribution in [-0.4, -0.2) is 25.8 Å². The second-order valence-corrected chi connectivity index (χ2v) is 1.91. The minimum absolute atomic E-state index is 0.208. The molecule has 0 radical (unpaired) electrons. The molecule has 0 amide bonds. The fourth-order valence-corrected chi connectivity index (χ4v) is 0.705. The van der Waals surface area contributed by atoms with E-state index in [2.05, 4.69) is 9.47 Å². The number of hydrogen-bond acceptors (Lipinski definition) is 3. The molecule has 1 aliphatic rings. The van der Waals surface area contributed by atoms with Gasteiger partial charge < -0.3 is 9.47 Å². The number of rotatable bonds is 2. The van der Waals surface area contributed by atoms with Gasteiger partial charge in [0.2, 0.25) is 5.83 Å². The van der Waals surface area contributed by atoms with Gasteiger partial charge in [0.15, 0.2) is 0 Å². The summed E-state index contributed by atoms with van der Waals surface area (Å²) >= 11 is 0. The predicted molar refractivity (Wildman–Crippen MR) is 30.9 cm³/mol. The summed E-state index contributed by atoms with van der Waals surface area (Å²) < 4.78 is 21.3.